The summed E-state index contributed by atoms with van der Waals surface area (Å²) in [5, 5.41) is 25.2. The van der Waals surface area contributed by atoms with Gasteiger partial charge < -0.3 is 20.2 Å². The first-order valence-electron chi connectivity index (χ1n) is 14.4. The summed E-state index contributed by atoms with van der Waals surface area (Å²) >= 11 is 7.07. The number of carbonyl (C=O) groups is 2. The van der Waals surface area contributed by atoms with Gasteiger partial charge in [-0.25, -0.2) is 4.79 Å². The topological polar surface area (TPSA) is 119 Å². The quantitative estimate of drug-likeness (QED) is 0.370. The van der Waals surface area contributed by atoms with Gasteiger partial charge in [-0.3, -0.25) is 14.6 Å². The Morgan fingerprint density at radius 3 is 2.37 bits per heavy atom. The van der Waals surface area contributed by atoms with Crippen LogP contribution in [-0.4, -0.2) is 86.3 Å². The molecule has 0 unspecified atom stereocenters. The molecule has 0 radical (unpaired) electrons. The van der Waals surface area contributed by atoms with Crippen LogP contribution in [0.3, 0.4) is 0 Å². The van der Waals surface area contributed by atoms with Crippen LogP contribution >= 0.6 is 11.6 Å². The molecule has 1 aliphatic carbocycles. The number of aromatic amines is 1. The molecule has 6 rings (SSSR count). The molecule has 43 heavy (non-hydrogen) atoms. The molecular weight excluding hydrogens is 587 g/mol. The summed E-state index contributed by atoms with van der Waals surface area (Å²) in [6.07, 6.45) is 0.0189. The number of H-pyrrole nitrogens is 1. The number of aryl methyl sites for hydroxylation is 1. The van der Waals surface area contributed by atoms with Crippen molar-refractivity contribution >= 4 is 40.2 Å². The van der Waals surface area contributed by atoms with E-state index < -0.39 is 12.1 Å². The number of halogens is 4. The summed E-state index contributed by atoms with van der Waals surface area (Å²) < 4.78 is 34.0. The largest absolute Gasteiger partial charge is 0.490 e. The van der Waals surface area contributed by atoms with E-state index in [0.717, 1.165) is 83.0 Å². The summed E-state index contributed by atoms with van der Waals surface area (Å²) in [5.41, 5.74) is 5.48. The van der Waals surface area contributed by atoms with Crippen molar-refractivity contribution in [1.82, 2.24) is 30.2 Å². The third kappa shape index (κ3) is 5.45. The summed E-state index contributed by atoms with van der Waals surface area (Å²) in [6.45, 7) is 14.7. The van der Waals surface area contributed by atoms with Crippen LogP contribution in [0, 0.1) is 19.3 Å². The van der Waals surface area contributed by atoms with Crippen LogP contribution < -0.4 is 10.2 Å². The van der Waals surface area contributed by atoms with Crippen molar-refractivity contribution < 1.29 is 27.9 Å². The Labute approximate surface area is 252 Å². The smallest absolute Gasteiger partial charge is 0.475 e. The maximum atomic E-state index is 12.3. The average Bonchev–Trinajstić information content (AvgIpc) is 3.47. The third-order valence-electron chi connectivity index (χ3n) is 9.41. The number of fused-ring (bicyclic) bond motifs is 1. The number of piperazine rings is 1. The maximum absolute atomic E-state index is 12.3. The van der Waals surface area contributed by atoms with Crippen LogP contribution in [-0.2, 0) is 9.59 Å². The van der Waals surface area contributed by atoms with Gasteiger partial charge in [-0.2, -0.15) is 23.4 Å². The van der Waals surface area contributed by atoms with Crippen molar-refractivity contribution in [2.24, 2.45) is 5.41 Å². The number of hydrogen-bond donors (Lipinski definition) is 3. The molecule has 234 valence electrons. The number of carboxylic acids is 1. The van der Waals surface area contributed by atoms with Gasteiger partial charge in [-0.15, -0.1) is 0 Å². The van der Waals surface area contributed by atoms with Crippen LogP contribution in [0.2, 0.25) is 5.02 Å². The number of aliphatic carboxylic acids is 1. The molecule has 2 saturated heterocycles. The number of nitrogens with one attached hydrogen (secondary N) is 2. The van der Waals surface area contributed by atoms with Gasteiger partial charge in [0.1, 0.15) is 0 Å². The van der Waals surface area contributed by atoms with E-state index >= 15 is 0 Å². The number of amides is 1. The number of alkyl halides is 3. The van der Waals surface area contributed by atoms with Crippen LogP contribution in [0.1, 0.15) is 57.3 Å². The fourth-order valence-corrected chi connectivity index (χ4v) is 6.92. The van der Waals surface area contributed by atoms with Crippen LogP contribution in [0.4, 0.5) is 19.0 Å². The normalized spacial score (nSPS) is 21.8. The zero-order valence-corrected chi connectivity index (χ0v) is 25.7. The fourth-order valence-electron chi connectivity index (χ4n) is 6.66. The highest BCUT2D eigenvalue weighted by molar-refractivity contribution is 6.36. The lowest BCUT2D eigenvalue weighted by Crippen LogP contribution is -2.62. The molecule has 1 aromatic carbocycles. The van der Waals surface area contributed by atoms with Crippen molar-refractivity contribution in [3.8, 4) is 11.1 Å². The predicted octanol–water partition coefficient (Wildman–Crippen LogP) is 5.09. The zero-order valence-electron chi connectivity index (χ0n) is 24.9. The lowest BCUT2D eigenvalue weighted by molar-refractivity contribution is -0.192. The van der Waals surface area contributed by atoms with Gasteiger partial charge in [-0.1, -0.05) is 18.5 Å². The van der Waals surface area contributed by atoms with Crippen molar-refractivity contribution in [3.63, 3.8) is 0 Å². The second-order valence-corrected chi connectivity index (χ2v) is 12.7. The zero-order chi connectivity index (χ0) is 31.5. The molecule has 2 aromatic heterocycles. The number of carbonyl (C=O) groups excluding carboxylic acids is 1. The lowest BCUT2D eigenvalue weighted by Gasteiger charge is -2.54. The minimum Gasteiger partial charge on any atom is -0.475 e. The van der Waals surface area contributed by atoms with Crippen molar-refractivity contribution in [2.75, 3.05) is 37.6 Å². The third-order valence-corrected chi connectivity index (χ3v) is 9.90. The molecule has 3 aromatic rings. The summed E-state index contributed by atoms with van der Waals surface area (Å²) in [4.78, 5) is 25.6. The molecule has 1 spiro atoms. The minimum atomic E-state index is -5.08. The van der Waals surface area contributed by atoms with E-state index in [1.165, 1.54) is 0 Å². The molecule has 3 aliphatic rings. The molecule has 1 atom stereocenters. The van der Waals surface area contributed by atoms with Crippen LogP contribution in [0.15, 0.2) is 12.3 Å². The summed E-state index contributed by atoms with van der Waals surface area (Å²) in [5.74, 6) is -1.65. The van der Waals surface area contributed by atoms with Gasteiger partial charge in [0.15, 0.2) is 5.82 Å². The first-order chi connectivity index (χ1) is 20.1. The number of hydrogen-bond acceptors (Lipinski definition) is 6. The van der Waals surface area contributed by atoms with E-state index in [-0.39, 0.29) is 11.4 Å². The van der Waals surface area contributed by atoms with E-state index in [2.05, 4.69) is 51.9 Å². The van der Waals surface area contributed by atoms with Crippen molar-refractivity contribution in [2.45, 2.75) is 71.6 Å². The second kappa shape index (κ2) is 11.0. The van der Waals surface area contributed by atoms with Crippen LogP contribution in [0.25, 0.3) is 22.0 Å². The monoisotopic (exact) mass is 623 g/mol. The Kier molecular flexibility index (Phi) is 7.95. The standard InChI is InChI=1S/C27H36ClN7O.C2HF3O2/c1-6-26(5)15-33(18(4)36)7-8-34(26)25-22(23-20-12-30-31-21(20)9-16(2)24(23)28)17(3)35(32-25)19-10-27(11-19)13-29-14-27;3-2(4,5)1(6)7/h9,12,19,29H,6-8,10-11,13-15H2,1-5H3,(H,30,31);(H,6,7)/t26-;/m0./s1. The number of nitrogens with zero attached hydrogens (tertiary/aromatic N) is 5. The highest BCUT2D eigenvalue weighted by atomic mass is 35.5. The SMILES string of the molecule is CC[C@@]1(C)CN(C(C)=O)CCN1c1nn(C2CC3(CNC3)C2)c(C)c1-c1c(Cl)c(C)cc2[nH]ncc12.O=C(O)C(F)(F)F. The number of aromatic nitrogens is 4. The van der Waals surface area contributed by atoms with Crippen LogP contribution in [0.5, 0.6) is 0 Å². The Bertz CT molecular complexity index is 1560. The van der Waals surface area contributed by atoms with Gasteiger partial charge in [0, 0.05) is 61.9 Å². The van der Waals surface area contributed by atoms with E-state index in [4.69, 9.17) is 26.6 Å². The molecule has 3 fully saturated rings. The molecule has 1 saturated carbocycles. The predicted molar refractivity (Wildman–Crippen MR) is 157 cm³/mol. The highest BCUT2D eigenvalue weighted by Crippen LogP contribution is 2.53. The molecule has 0 bridgehead atoms. The van der Waals surface area contributed by atoms with Gasteiger partial charge >= 0.3 is 12.1 Å². The number of carboxylic acid groups (broad SMARTS) is 1. The second-order valence-electron chi connectivity index (χ2n) is 12.4. The lowest BCUT2D eigenvalue weighted by atomic mass is 9.61. The first kappa shape index (κ1) is 31.1. The van der Waals surface area contributed by atoms with Gasteiger partial charge in [0.05, 0.1) is 28.3 Å². The first-order valence-corrected chi connectivity index (χ1v) is 14.7. The van der Waals surface area contributed by atoms with E-state index in [0.29, 0.717) is 24.5 Å². The molecular formula is C29H37ClF3N7O3. The maximum Gasteiger partial charge on any atom is 0.490 e. The molecule has 1 amide bonds. The Morgan fingerprint density at radius 2 is 1.84 bits per heavy atom. The number of rotatable bonds is 4. The van der Waals surface area contributed by atoms with Crippen molar-refractivity contribution in [3.05, 3.63) is 28.5 Å². The van der Waals surface area contributed by atoms with Gasteiger partial charge in [-0.05, 0) is 57.1 Å². The highest BCUT2D eigenvalue weighted by Gasteiger charge is 2.50. The van der Waals surface area contributed by atoms with E-state index in [9.17, 15) is 18.0 Å². The Balaban J connectivity index is 0.000000472. The molecule has 4 heterocycles. The van der Waals surface area contributed by atoms with E-state index in [1.807, 2.05) is 18.0 Å². The minimum absolute atomic E-state index is 0.131. The Hall–Kier alpha value is -3.32. The van der Waals surface area contributed by atoms with Gasteiger partial charge in [0.2, 0.25) is 5.91 Å². The molecule has 14 heteroatoms. The molecule has 2 aliphatic heterocycles. The fraction of sp³-hybridized carbons (Fsp3) is 0.586. The summed E-state index contributed by atoms with van der Waals surface area (Å²) in [7, 11) is 0. The average molecular weight is 624 g/mol. The molecule has 3 N–H and O–H groups in total. The van der Waals surface area contributed by atoms with E-state index in [1.54, 1.807) is 6.92 Å². The van der Waals surface area contributed by atoms with Crippen molar-refractivity contribution in [1.29, 1.82) is 0 Å². The summed E-state index contributed by atoms with van der Waals surface area (Å²) in [6, 6.07) is 2.46. The molecule has 10 nitrogen and oxygen atoms in total. The van der Waals surface area contributed by atoms with Gasteiger partial charge in [0.25, 0.3) is 0 Å². The number of benzene rings is 1. The number of anilines is 1. The Morgan fingerprint density at radius 1 is 1.19 bits per heavy atom.